The molecule has 0 bridgehead atoms. The zero-order valence-corrected chi connectivity index (χ0v) is 20.6. The first-order valence-electron chi connectivity index (χ1n) is 11.8. The normalized spacial score (nSPS) is 16.9. The van der Waals surface area contributed by atoms with E-state index in [-0.39, 0.29) is 29.5 Å². The summed E-state index contributed by atoms with van der Waals surface area (Å²) in [4.78, 5) is 51.8. The summed E-state index contributed by atoms with van der Waals surface area (Å²) in [6.45, 7) is 5.79. The van der Waals surface area contributed by atoms with Crippen LogP contribution < -0.4 is 15.5 Å². The summed E-state index contributed by atoms with van der Waals surface area (Å²) in [5, 5.41) is 6.00. The maximum absolute atomic E-state index is 12.8. The van der Waals surface area contributed by atoms with Gasteiger partial charge in [-0.05, 0) is 51.5 Å². The Hall–Kier alpha value is -3.27. The molecule has 1 aliphatic carbocycles. The number of ether oxygens (including phenoxy) is 1. The number of hydrogen-bond acceptors (Lipinski definition) is 8. The number of carbonyl (C=O) groups excluding carboxylic acids is 3. The lowest BCUT2D eigenvalue weighted by molar-refractivity contribution is -0.124. The lowest BCUT2D eigenvalue weighted by atomic mass is 9.95. The summed E-state index contributed by atoms with van der Waals surface area (Å²) in [5.74, 6) is -0.705. The van der Waals surface area contributed by atoms with Gasteiger partial charge in [-0.1, -0.05) is 11.6 Å². The summed E-state index contributed by atoms with van der Waals surface area (Å²) >= 11 is 6.30. The van der Waals surface area contributed by atoms with Crippen molar-refractivity contribution in [3.05, 3.63) is 46.8 Å². The van der Waals surface area contributed by atoms with Crippen LogP contribution >= 0.6 is 11.6 Å². The topological polar surface area (TPSA) is 126 Å². The number of aromatic nitrogens is 3. The number of anilines is 1. The maximum Gasteiger partial charge on any atom is 0.343 e. The molecule has 1 saturated carbocycles. The largest absolute Gasteiger partial charge is 0.462 e. The number of esters is 1. The smallest absolute Gasteiger partial charge is 0.343 e. The molecule has 0 unspecified atom stereocenters. The summed E-state index contributed by atoms with van der Waals surface area (Å²) in [7, 11) is 0. The summed E-state index contributed by atoms with van der Waals surface area (Å²) < 4.78 is 5.19. The molecular weight excluding hydrogens is 472 g/mol. The van der Waals surface area contributed by atoms with Gasteiger partial charge in [0.25, 0.3) is 5.91 Å². The summed E-state index contributed by atoms with van der Waals surface area (Å²) in [6.07, 6.45) is 7.09. The van der Waals surface area contributed by atoms with Crippen LogP contribution in [0.5, 0.6) is 0 Å². The Kier molecular flexibility index (Phi) is 7.49. The quantitative estimate of drug-likeness (QED) is 0.417. The van der Waals surface area contributed by atoms with Crippen LogP contribution in [0.25, 0.3) is 0 Å². The van der Waals surface area contributed by atoms with E-state index in [1.54, 1.807) is 6.92 Å². The first kappa shape index (κ1) is 24.8. The van der Waals surface area contributed by atoms with Crippen LogP contribution in [-0.4, -0.2) is 64.5 Å². The zero-order chi connectivity index (χ0) is 25.0. The number of pyridine rings is 1. The van der Waals surface area contributed by atoms with E-state index in [1.807, 2.05) is 13.0 Å². The number of aryl methyl sites for hydroxylation is 1. The Morgan fingerprint density at radius 3 is 2.51 bits per heavy atom. The Bertz CT molecular complexity index is 1100. The predicted octanol–water partition coefficient (Wildman–Crippen LogP) is 2.31. The van der Waals surface area contributed by atoms with Gasteiger partial charge in [0.2, 0.25) is 5.91 Å². The molecule has 10 nitrogen and oxygen atoms in total. The van der Waals surface area contributed by atoms with Gasteiger partial charge < -0.3 is 20.3 Å². The van der Waals surface area contributed by atoms with Crippen molar-refractivity contribution in [1.82, 2.24) is 25.6 Å². The number of piperidine rings is 1. The van der Waals surface area contributed by atoms with Gasteiger partial charge in [0.05, 0.1) is 17.9 Å². The van der Waals surface area contributed by atoms with Gasteiger partial charge in [-0.2, -0.15) is 0 Å². The second kappa shape index (κ2) is 10.6. The highest BCUT2D eigenvalue weighted by molar-refractivity contribution is 6.33. The highest BCUT2D eigenvalue weighted by Crippen LogP contribution is 2.36. The van der Waals surface area contributed by atoms with Crippen molar-refractivity contribution in [1.29, 1.82) is 0 Å². The van der Waals surface area contributed by atoms with Crippen LogP contribution in [0.15, 0.2) is 24.8 Å². The van der Waals surface area contributed by atoms with Crippen molar-refractivity contribution in [3.63, 3.8) is 0 Å². The van der Waals surface area contributed by atoms with Crippen molar-refractivity contribution >= 4 is 35.1 Å². The molecule has 4 rings (SSSR count). The van der Waals surface area contributed by atoms with Crippen molar-refractivity contribution < 1.29 is 19.1 Å². The minimum absolute atomic E-state index is 0.145. The predicted molar refractivity (Wildman–Crippen MR) is 129 cm³/mol. The van der Waals surface area contributed by atoms with Gasteiger partial charge in [-0.15, -0.1) is 0 Å². The molecule has 186 valence electrons. The van der Waals surface area contributed by atoms with Crippen LogP contribution in [0.3, 0.4) is 0 Å². The Morgan fingerprint density at radius 2 is 1.89 bits per heavy atom. The first-order valence-corrected chi connectivity index (χ1v) is 12.2. The summed E-state index contributed by atoms with van der Waals surface area (Å²) in [5.41, 5.74) is 1.22. The molecule has 2 N–H and O–H groups in total. The molecule has 3 heterocycles. The fraction of sp³-hybridized carbons (Fsp3) is 0.500. The standard InChI is InChI=1S/C24H29ClN6O4/c1-3-35-22(33)19-18(10-15(2)29-20(19)25)31-8-4-16(5-9-31)11-28-23(34)24(6-7-24)30-21(32)17-12-26-14-27-13-17/h10,12-14,16H,3-9,11H2,1-2H3,(H,28,34)(H,30,32). The molecule has 2 fully saturated rings. The van der Waals surface area contributed by atoms with Crippen molar-refractivity contribution in [2.45, 2.75) is 45.1 Å². The van der Waals surface area contributed by atoms with Crippen LogP contribution in [0.1, 0.15) is 59.0 Å². The van der Waals surface area contributed by atoms with Crippen LogP contribution in [-0.2, 0) is 9.53 Å². The molecule has 2 aromatic rings. The number of amides is 2. The van der Waals surface area contributed by atoms with Gasteiger partial charge in [0.15, 0.2) is 0 Å². The van der Waals surface area contributed by atoms with Crippen molar-refractivity contribution in [2.24, 2.45) is 5.92 Å². The summed E-state index contributed by atoms with van der Waals surface area (Å²) in [6, 6.07) is 1.86. The number of carbonyl (C=O) groups is 3. The molecule has 11 heteroatoms. The van der Waals surface area contributed by atoms with E-state index in [2.05, 4.69) is 30.5 Å². The number of halogens is 1. The molecule has 35 heavy (non-hydrogen) atoms. The average Bonchev–Trinajstić information content (AvgIpc) is 3.63. The molecule has 0 aromatic carbocycles. The number of rotatable bonds is 8. The maximum atomic E-state index is 12.8. The molecule has 2 aliphatic rings. The third-order valence-corrected chi connectivity index (χ3v) is 6.70. The van der Waals surface area contributed by atoms with Crippen molar-refractivity contribution in [2.75, 3.05) is 31.1 Å². The fourth-order valence-corrected chi connectivity index (χ4v) is 4.59. The second-order valence-electron chi connectivity index (χ2n) is 8.97. The van der Waals surface area contributed by atoms with Gasteiger partial charge >= 0.3 is 5.97 Å². The second-order valence-corrected chi connectivity index (χ2v) is 9.33. The Balaban J connectivity index is 1.31. The molecule has 1 saturated heterocycles. The van der Waals surface area contributed by atoms with Crippen LogP contribution in [0.2, 0.25) is 5.15 Å². The molecule has 0 spiro atoms. The Labute approximate surface area is 208 Å². The first-order chi connectivity index (χ1) is 16.8. The average molecular weight is 501 g/mol. The zero-order valence-electron chi connectivity index (χ0n) is 19.8. The van der Waals surface area contributed by atoms with E-state index in [9.17, 15) is 14.4 Å². The Morgan fingerprint density at radius 1 is 1.20 bits per heavy atom. The van der Waals surface area contributed by atoms with E-state index in [1.165, 1.54) is 18.7 Å². The number of nitrogens with one attached hydrogen (secondary N) is 2. The third kappa shape index (κ3) is 5.70. The van der Waals surface area contributed by atoms with E-state index in [0.717, 1.165) is 24.2 Å². The SMILES string of the molecule is CCOC(=O)c1c(N2CCC(CNC(=O)C3(NC(=O)c4cncnc4)CC3)CC2)cc(C)nc1Cl. The molecule has 0 atom stereocenters. The molecule has 1 aliphatic heterocycles. The minimum atomic E-state index is -0.854. The van der Waals surface area contributed by atoms with E-state index in [0.29, 0.717) is 43.6 Å². The van der Waals surface area contributed by atoms with Gasteiger partial charge in [0, 0.05) is 37.7 Å². The number of nitrogens with zero attached hydrogens (tertiary/aromatic N) is 4. The van der Waals surface area contributed by atoms with E-state index < -0.39 is 11.5 Å². The minimum Gasteiger partial charge on any atom is -0.462 e. The van der Waals surface area contributed by atoms with Crippen LogP contribution in [0, 0.1) is 12.8 Å². The monoisotopic (exact) mass is 500 g/mol. The highest BCUT2D eigenvalue weighted by Gasteiger charge is 2.51. The van der Waals surface area contributed by atoms with Crippen LogP contribution in [0.4, 0.5) is 5.69 Å². The van der Waals surface area contributed by atoms with E-state index in [4.69, 9.17) is 16.3 Å². The van der Waals surface area contributed by atoms with Gasteiger partial charge in [-0.3, -0.25) is 9.59 Å². The third-order valence-electron chi connectivity index (χ3n) is 6.43. The van der Waals surface area contributed by atoms with Gasteiger partial charge in [0.1, 0.15) is 22.6 Å². The number of hydrogen-bond donors (Lipinski definition) is 2. The van der Waals surface area contributed by atoms with E-state index >= 15 is 0 Å². The lowest BCUT2D eigenvalue weighted by Gasteiger charge is -2.35. The molecular formula is C24H29ClN6O4. The molecule has 0 radical (unpaired) electrons. The molecule has 2 aromatic heterocycles. The van der Waals surface area contributed by atoms with Crippen molar-refractivity contribution in [3.8, 4) is 0 Å². The fourth-order valence-electron chi connectivity index (χ4n) is 4.28. The lowest BCUT2D eigenvalue weighted by Crippen LogP contribution is -2.50. The van der Waals surface area contributed by atoms with Gasteiger partial charge in [-0.25, -0.2) is 19.7 Å². The highest BCUT2D eigenvalue weighted by atomic mass is 35.5. The molecule has 2 amide bonds.